The number of nitrogens with zero attached hydrogens (tertiary/aromatic N) is 4. The van der Waals surface area contributed by atoms with Crippen molar-refractivity contribution in [1.82, 2.24) is 5.43 Å². The summed E-state index contributed by atoms with van der Waals surface area (Å²) >= 11 is 0. The lowest BCUT2D eigenvalue weighted by Crippen LogP contribution is -2.24. The van der Waals surface area contributed by atoms with E-state index >= 15 is 0 Å². The molecule has 0 aliphatic heterocycles. The van der Waals surface area contributed by atoms with Gasteiger partial charge in [-0.15, -0.1) is 0 Å². The highest BCUT2D eigenvalue weighted by Gasteiger charge is 2.22. The van der Waals surface area contributed by atoms with Crippen LogP contribution in [0.1, 0.15) is 12.5 Å². The van der Waals surface area contributed by atoms with Crippen molar-refractivity contribution in [2.75, 3.05) is 13.2 Å². The minimum absolute atomic E-state index is 0.0677. The summed E-state index contributed by atoms with van der Waals surface area (Å²) in [4.78, 5) is 43.1. The maximum absolute atomic E-state index is 12.0. The number of amides is 1. The van der Waals surface area contributed by atoms with Gasteiger partial charge in [-0.2, -0.15) is 5.10 Å². The summed E-state index contributed by atoms with van der Waals surface area (Å²) in [6, 6.07) is 13.0. The van der Waals surface area contributed by atoms with Crippen LogP contribution in [-0.4, -0.2) is 40.1 Å². The molecule has 0 heterocycles. The Morgan fingerprint density at radius 1 is 0.842 bits per heavy atom. The van der Waals surface area contributed by atoms with Gasteiger partial charge in [0.15, 0.2) is 23.9 Å². The lowest BCUT2D eigenvalue weighted by molar-refractivity contribution is -0.394. The monoisotopic (exact) mass is 525 g/mol. The Morgan fingerprint density at radius 3 is 2.24 bits per heavy atom. The van der Waals surface area contributed by atoms with Gasteiger partial charge in [-0.3, -0.25) is 35.1 Å². The minimum Gasteiger partial charge on any atom is -0.490 e. The van der Waals surface area contributed by atoms with E-state index < -0.39 is 38.7 Å². The van der Waals surface area contributed by atoms with E-state index in [1.165, 1.54) is 48.7 Å². The van der Waals surface area contributed by atoms with E-state index in [1.807, 2.05) is 0 Å². The third-order valence-electron chi connectivity index (χ3n) is 4.66. The van der Waals surface area contributed by atoms with Gasteiger partial charge in [0.1, 0.15) is 0 Å². The van der Waals surface area contributed by atoms with Crippen molar-refractivity contribution >= 4 is 29.2 Å². The maximum atomic E-state index is 12.0. The van der Waals surface area contributed by atoms with Gasteiger partial charge >= 0.3 is 11.4 Å². The molecule has 0 bridgehead atoms. The standard InChI is InChI=1S/C23H19N5O10/c1-2-36-22-11-15(13-24-25-23(29)14-37-19-6-4-3-5-17(19)27(32)33)7-9-21(22)38-20-10-8-16(26(30)31)12-18(20)28(34)35/h3-13H,2,14H2,1H3,(H,25,29). The van der Waals surface area contributed by atoms with Gasteiger partial charge in [0.25, 0.3) is 11.6 Å². The molecular weight excluding hydrogens is 506 g/mol. The van der Waals surface area contributed by atoms with Crippen LogP contribution in [0.5, 0.6) is 23.0 Å². The van der Waals surface area contributed by atoms with Gasteiger partial charge in [0.05, 0.1) is 33.7 Å². The number of ether oxygens (including phenoxy) is 3. The fraction of sp³-hybridized carbons (Fsp3) is 0.130. The van der Waals surface area contributed by atoms with E-state index in [1.54, 1.807) is 6.92 Å². The number of carbonyl (C=O) groups is 1. The lowest BCUT2D eigenvalue weighted by Gasteiger charge is -2.12. The number of hydrogen-bond acceptors (Lipinski definition) is 11. The molecule has 15 nitrogen and oxygen atoms in total. The molecule has 0 aromatic heterocycles. The van der Waals surface area contributed by atoms with E-state index in [9.17, 15) is 35.1 Å². The van der Waals surface area contributed by atoms with Gasteiger partial charge < -0.3 is 14.2 Å². The van der Waals surface area contributed by atoms with E-state index in [0.29, 0.717) is 5.56 Å². The number of para-hydroxylation sites is 2. The second kappa shape index (κ2) is 12.4. The fourth-order valence-electron chi connectivity index (χ4n) is 3.01. The van der Waals surface area contributed by atoms with Crippen molar-refractivity contribution in [2.24, 2.45) is 5.10 Å². The highest BCUT2D eigenvalue weighted by molar-refractivity contribution is 5.83. The maximum Gasteiger partial charge on any atom is 0.318 e. The van der Waals surface area contributed by atoms with Crippen molar-refractivity contribution in [1.29, 1.82) is 0 Å². The molecule has 0 aliphatic carbocycles. The van der Waals surface area contributed by atoms with Crippen LogP contribution in [0.25, 0.3) is 0 Å². The Bertz CT molecular complexity index is 1410. The average molecular weight is 525 g/mol. The summed E-state index contributed by atoms with van der Waals surface area (Å²) < 4.78 is 16.3. The van der Waals surface area contributed by atoms with E-state index in [4.69, 9.17) is 14.2 Å². The first kappa shape index (κ1) is 27.0. The summed E-state index contributed by atoms with van der Waals surface area (Å²) in [5.74, 6) is -0.677. The molecule has 0 saturated carbocycles. The molecule has 0 unspecified atom stereocenters. The first-order chi connectivity index (χ1) is 18.2. The Labute approximate surface area is 213 Å². The zero-order chi connectivity index (χ0) is 27.7. The Hall–Kier alpha value is -5.60. The molecule has 3 aromatic carbocycles. The second-order valence-electron chi connectivity index (χ2n) is 7.21. The average Bonchev–Trinajstić information content (AvgIpc) is 2.89. The number of hydrogen-bond donors (Lipinski definition) is 1. The lowest BCUT2D eigenvalue weighted by atomic mass is 10.2. The summed E-state index contributed by atoms with van der Waals surface area (Å²) in [5, 5.41) is 37.1. The van der Waals surface area contributed by atoms with Gasteiger partial charge in [0, 0.05) is 12.1 Å². The Kier molecular flexibility index (Phi) is 8.80. The zero-order valence-electron chi connectivity index (χ0n) is 19.6. The summed E-state index contributed by atoms with van der Waals surface area (Å²) in [5.41, 5.74) is 1.34. The van der Waals surface area contributed by atoms with Crippen LogP contribution in [0.3, 0.4) is 0 Å². The normalized spacial score (nSPS) is 10.6. The summed E-state index contributed by atoms with van der Waals surface area (Å²) in [7, 11) is 0. The molecule has 0 saturated heterocycles. The molecule has 3 rings (SSSR count). The summed E-state index contributed by atoms with van der Waals surface area (Å²) in [6.07, 6.45) is 1.28. The van der Waals surface area contributed by atoms with Crippen molar-refractivity contribution < 1.29 is 33.8 Å². The quantitative estimate of drug-likeness (QED) is 0.204. The summed E-state index contributed by atoms with van der Waals surface area (Å²) in [6.45, 7) is 1.41. The van der Waals surface area contributed by atoms with Gasteiger partial charge in [0.2, 0.25) is 5.75 Å². The molecule has 38 heavy (non-hydrogen) atoms. The first-order valence-corrected chi connectivity index (χ1v) is 10.7. The molecule has 15 heteroatoms. The molecule has 0 radical (unpaired) electrons. The first-order valence-electron chi connectivity index (χ1n) is 10.7. The number of benzene rings is 3. The number of non-ortho nitro benzene ring substituents is 1. The smallest absolute Gasteiger partial charge is 0.318 e. The van der Waals surface area contributed by atoms with Gasteiger partial charge in [-0.05, 0) is 42.8 Å². The van der Waals surface area contributed by atoms with E-state index in [-0.39, 0.29) is 35.3 Å². The molecule has 1 amide bonds. The van der Waals surface area contributed by atoms with Crippen LogP contribution >= 0.6 is 0 Å². The molecule has 3 aromatic rings. The molecule has 0 aliphatic rings. The van der Waals surface area contributed by atoms with Crippen LogP contribution in [0.2, 0.25) is 0 Å². The van der Waals surface area contributed by atoms with Crippen LogP contribution in [0.4, 0.5) is 17.1 Å². The molecule has 1 N–H and O–H groups in total. The van der Waals surface area contributed by atoms with Gasteiger partial charge in [-0.25, -0.2) is 5.43 Å². The molecule has 0 spiro atoms. The van der Waals surface area contributed by atoms with Gasteiger partial charge in [-0.1, -0.05) is 12.1 Å². The van der Waals surface area contributed by atoms with Crippen LogP contribution in [0, 0.1) is 30.3 Å². The van der Waals surface area contributed by atoms with Crippen LogP contribution in [0.15, 0.2) is 65.8 Å². The molecule has 0 atom stereocenters. The second-order valence-corrected chi connectivity index (χ2v) is 7.21. The molecule has 196 valence electrons. The van der Waals surface area contributed by atoms with E-state index in [2.05, 4.69) is 10.5 Å². The zero-order valence-corrected chi connectivity index (χ0v) is 19.6. The van der Waals surface area contributed by atoms with Crippen molar-refractivity contribution in [2.45, 2.75) is 6.92 Å². The highest BCUT2D eigenvalue weighted by atomic mass is 16.6. The minimum atomic E-state index is -0.800. The predicted molar refractivity (Wildman–Crippen MR) is 132 cm³/mol. The number of carbonyl (C=O) groups excluding carboxylic acids is 1. The van der Waals surface area contributed by atoms with Crippen molar-refractivity contribution in [3.8, 4) is 23.0 Å². The largest absolute Gasteiger partial charge is 0.490 e. The molecular formula is C23H19N5O10. The number of nitrogens with one attached hydrogen (secondary N) is 1. The fourth-order valence-corrected chi connectivity index (χ4v) is 3.01. The van der Waals surface area contributed by atoms with Crippen molar-refractivity contribution in [3.05, 3.63) is 96.6 Å². The number of hydrazone groups is 1. The number of nitro benzene ring substituents is 3. The Balaban J connectivity index is 1.69. The SMILES string of the molecule is CCOc1cc(C=NNC(=O)COc2ccccc2[N+](=O)[O-])ccc1Oc1ccc([N+](=O)[O-])cc1[N+](=O)[O-]. The number of rotatable bonds is 12. The third-order valence-corrected chi connectivity index (χ3v) is 4.66. The highest BCUT2D eigenvalue weighted by Crippen LogP contribution is 2.38. The van der Waals surface area contributed by atoms with Crippen LogP contribution < -0.4 is 19.6 Å². The Morgan fingerprint density at radius 2 is 1.55 bits per heavy atom. The topological polar surface area (TPSA) is 199 Å². The molecule has 0 fully saturated rings. The number of nitro groups is 3. The van der Waals surface area contributed by atoms with E-state index in [0.717, 1.165) is 18.2 Å². The van der Waals surface area contributed by atoms with Crippen LogP contribution in [-0.2, 0) is 4.79 Å². The van der Waals surface area contributed by atoms with Crippen molar-refractivity contribution in [3.63, 3.8) is 0 Å². The predicted octanol–water partition coefficient (Wildman–Crippen LogP) is 4.13. The third kappa shape index (κ3) is 6.97.